The van der Waals surface area contributed by atoms with E-state index in [0.717, 1.165) is 19.6 Å². The monoisotopic (exact) mass is 285 g/mol. The van der Waals surface area contributed by atoms with Gasteiger partial charge in [-0.05, 0) is 52.6 Å². The molecule has 1 fully saturated rings. The normalized spacial score (nSPS) is 20.7. The highest BCUT2D eigenvalue weighted by Gasteiger charge is 2.16. The molecule has 3 nitrogen and oxygen atoms in total. The van der Waals surface area contributed by atoms with Crippen LogP contribution in [0.2, 0.25) is 0 Å². The van der Waals surface area contributed by atoms with Gasteiger partial charge in [0.05, 0.1) is 12.2 Å². The molecule has 0 spiro atoms. The summed E-state index contributed by atoms with van der Waals surface area (Å²) in [5.74, 6) is 0. The minimum absolute atomic E-state index is 0.0724. The van der Waals surface area contributed by atoms with Crippen molar-refractivity contribution in [3.8, 4) is 0 Å². The second-order valence-electron chi connectivity index (χ2n) is 6.49. The van der Waals surface area contributed by atoms with Gasteiger partial charge >= 0.3 is 0 Å². The van der Waals surface area contributed by atoms with Crippen LogP contribution in [0.4, 0.5) is 0 Å². The van der Waals surface area contributed by atoms with E-state index in [9.17, 15) is 5.11 Å². The van der Waals surface area contributed by atoms with E-state index >= 15 is 0 Å². The van der Waals surface area contributed by atoms with Crippen LogP contribution in [0.1, 0.15) is 71.6 Å². The number of hydrogen-bond acceptors (Lipinski definition) is 3. The molecular weight excluding hydrogens is 250 g/mol. The molecule has 0 bridgehead atoms. The highest BCUT2D eigenvalue weighted by molar-refractivity contribution is 4.71. The van der Waals surface area contributed by atoms with Gasteiger partial charge in [-0.3, -0.25) is 0 Å². The molecule has 1 rings (SSSR count). The third-order valence-corrected chi connectivity index (χ3v) is 4.05. The first-order valence-corrected chi connectivity index (χ1v) is 8.70. The van der Waals surface area contributed by atoms with Gasteiger partial charge in [-0.25, -0.2) is 0 Å². The van der Waals surface area contributed by atoms with E-state index in [1.165, 1.54) is 64.5 Å². The van der Waals surface area contributed by atoms with Crippen molar-refractivity contribution in [2.24, 2.45) is 0 Å². The predicted molar refractivity (Wildman–Crippen MR) is 85.1 cm³/mol. The van der Waals surface area contributed by atoms with Crippen molar-refractivity contribution < 1.29 is 9.84 Å². The van der Waals surface area contributed by atoms with E-state index in [1.54, 1.807) is 0 Å². The molecular formula is C17H35NO2. The fourth-order valence-corrected chi connectivity index (χ4v) is 2.87. The van der Waals surface area contributed by atoms with E-state index in [2.05, 4.69) is 18.7 Å². The van der Waals surface area contributed by atoms with Gasteiger partial charge in [-0.1, -0.05) is 32.1 Å². The molecule has 3 heteroatoms. The Labute approximate surface area is 125 Å². The predicted octanol–water partition coefficient (Wildman–Crippen LogP) is 3.60. The van der Waals surface area contributed by atoms with Crippen molar-refractivity contribution in [3.05, 3.63) is 0 Å². The average Bonchev–Trinajstić information content (AvgIpc) is 2.40. The fraction of sp³-hybridized carbons (Fsp3) is 1.00. The van der Waals surface area contributed by atoms with Crippen LogP contribution in [0, 0.1) is 0 Å². The van der Waals surface area contributed by atoms with Crippen molar-refractivity contribution in [2.75, 3.05) is 26.2 Å². The third kappa shape index (κ3) is 9.73. The molecule has 1 N–H and O–H groups in total. The number of rotatable bonds is 11. The van der Waals surface area contributed by atoms with Crippen LogP contribution in [0.25, 0.3) is 0 Å². The second-order valence-corrected chi connectivity index (χ2v) is 6.49. The molecule has 1 aliphatic rings. The molecule has 0 radical (unpaired) electrons. The summed E-state index contributed by atoms with van der Waals surface area (Å²) in [4.78, 5) is 2.43. The van der Waals surface area contributed by atoms with E-state index in [-0.39, 0.29) is 6.10 Å². The molecule has 1 saturated heterocycles. The maximum Gasteiger partial charge on any atom is 0.0667 e. The molecule has 1 atom stereocenters. The number of piperidine rings is 1. The quantitative estimate of drug-likeness (QED) is 0.589. The molecule has 20 heavy (non-hydrogen) atoms. The van der Waals surface area contributed by atoms with Crippen LogP contribution in [0.15, 0.2) is 0 Å². The van der Waals surface area contributed by atoms with Gasteiger partial charge in [-0.2, -0.15) is 0 Å². The second kappa shape index (κ2) is 11.5. The maximum absolute atomic E-state index is 9.61. The van der Waals surface area contributed by atoms with Crippen LogP contribution in [-0.2, 0) is 4.74 Å². The summed E-state index contributed by atoms with van der Waals surface area (Å²) in [6.07, 6.45) is 11.7. The number of aliphatic hydroxyl groups is 1. The summed E-state index contributed by atoms with van der Waals surface area (Å²) < 4.78 is 5.54. The average molecular weight is 285 g/mol. The molecule has 0 aromatic heterocycles. The summed E-state index contributed by atoms with van der Waals surface area (Å²) in [6, 6.07) is 0. The molecule has 1 unspecified atom stereocenters. The van der Waals surface area contributed by atoms with Gasteiger partial charge in [0, 0.05) is 13.2 Å². The Balaban J connectivity index is 1.78. The Kier molecular flexibility index (Phi) is 10.3. The summed E-state index contributed by atoms with van der Waals surface area (Å²) in [7, 11) is 0. The summed E-state index contributed by atoms with van der Waals surface area (Å²) in [5, 5.41) is 9.61. The van der Waals surface area contributed by atoms with Crippen molar-refractivity contribution in [3.63, 3.8) is 0 Å². The third-order valence-electron chi connectivity index (χ3n) is 4.05. The lowest BCUT2D eigenvalue weighted by Crippen LogP contribution is -2.38. The summed E-state index contributed by atoms with van der Waals surface area (Å²) >= 11 is 0. The highest BCUT2D eigenvalue weighted by atomic mass is 16.5. The van der Waals surface area contributed by atoms with E-state index in [0.29, 0.717) is 6.10 Å². The number of β-amino-alcohol motifs (C(OH)–C–C–N with tert-alkyl or cyclic N) is 1. The first-order chi connectivity index (χ1) is 9.68. The SMILES string of the molecule is CC(C)OCCCCCCCCCN1CCCC(O)C1. The summed E-state index contributed by atoms with van der Waals surface area (Å²) in [5.41, 5.74) is 0. The lowest BCUT2D eigenvalue weighted by atomic mass is 10.1. The fourth-order valence-electron chi connectivity index (χ4n) is 2.87. The number of nitrogens with zero attached hydrogens (tertiary/aromatic N) is 1. The molecule has 0 aromatic carbocycles. The van der Waals surface area contributed by atoms with Gasteiger partial charge in [-0.15, -0.1) is 0 Å². The van der Waals surface area contributed by atoms with Crippen molar-refractivity contribution in [2.45, 2.75) is 83.8 Å². The van der Waals surface area contributed by atoms with Gasteiger partial charge in [0.2, 0.25) is 0 Å². The number of aliphatic hydroxyl groups excluding tert-OH is 1. The highest BCUT2D eigenvalue weighted by Crippen LogP contribution is 2.12. The largest absolute Gasteiger partial charge is 0.392 e. The molecule has 0 aliphatic carbocycles. The minimum atomic E-state index is -0.0724. The lowest BCUT2D eigenvalue weighted by molar-refractivity contribution is 0.0697. The first-order valence-electron chi connectivity index (χ1n) is 8.70. The number of likely N-dealkylation sites (tertiary alicyclic amines) is 1. The Morgan fingerprint density at radius 3 is 2.35 bits per heavy atom. The minimum Gasteiger partial charge on any atom is -0.392 e. The smallest absolute Gasteiger partial charge is 0.0667 e. The Morgan fingerprint density at radius 2 is 1.70 bits per heavy atom. The van der Waals surface area contributed by atoms with Crippen LogP contribution >= 0.6 is 0 Å². The Morgan fingerprint density at radius 1 is 1.05 bits per heavy atom. The zero-order valence-corrected chi connectivity index (χ0v) is 13.6. The van der Waals surface area contributed by atoms with Crippen molar-refractivity contribution >= 4 is 0 Å². The van der Waals surface area contributed by atoms with E-state index in [4.69, 9.17) is 4.74 Å². The zero-order chi connectivity index (χ0) is 14.6. The molecule has 0 saturated carbocycles. The Hall–Kier alpha value is -0.120. The maximum atomic E-state index is 9.61. The van der Waals surface area contributed by atoms with Crippen LogP contribution in [-0.4, -0.2) is 48.5 Å². The van der Waals surface area contributed by atoms with Gasteiger partial charge < -0.3 is 14.7 Å². The van der Waals surface area contributed by atoms with Gasteiger partial charge in [0.1, 0.15) is 0 Å². The van der Waals surface area contributed by atoms with Crippen LogP contribution in [0.3, 0.4) is 0 Å². The standard InChI is InChI=1S/C17H35NO2/c1-16(2)20-14-9-7-5-3-4-6-8-12-18-13-10-11-17(19)15-18/h16-17,19H,3-15H2,1-2H3. The molecule has 1 aliphatic heterocycles. The molecule has 1 heterocycles. The van der Waals surface area contributed by atoms with E-state index < -0.39 is 0 Å². The first kappa shape index (κ1) is 17.9. The molecule has 120 valence electrons. The number of unbranched alkanes of at least 4 members (excludes halogenated alkanes) is 6. The van der Waals surface area contributed by atoms with Gasteiger partial charge in [0.15, 0.2) is 0 Å². The molecule has 0 aromatic rings. The van der Waals surface area contributed by atoms with Crippen LogP contribution in [0.5, 0.6) is 0 Å². The van der Waals surface area contributed by atoms with E-state index in [1.807, 2.05) is 0 Å². The topological polar surface area (TPSA) is 32.7 Å². The Bertz CT molecular complexity index is 221. The lowest BCUT2D eigenvalue weighted by Gasteiger charge is -2.29. The number of hydrogen-bond donors (Lipinski definition) is 1. The van der Waals surface area contributed by atoms with Crippen molar-refractivity contribution in [1.29, 1.82) is 0 Å². The molecule has 0 amide bonds. The summed E-state index contributed by atoms with van der Waals surface area (Å²) in [6.45, 7) is 8.39. The van der Waals surface area contributed by atoms with Crippen molar-refractivity contribution in [1.82, 2.24) is 4.90 Å². The van der Waals surface area contributed by atoms with Gasteiger partial charge in [0.25, 0.3) is 0 Å². The number of ether oxygens (including phenoxy) is 1. The zero-order valence-electron chi connectivity index (χ0n) is 13.6. The van der Waals surface area contributed by atoms with Crippen LogP contribution < -0.4 is 0 Å².